The third-order valence-electron chi connectivity index (χ3n) is 0.663. The van der Waals surface area contributed by atoms with Crippen molar-refractivity contribution >= 4 is 6.34 Å². The first-order valence-electron chi connectivity index (χ1n) is 2.08. The van der Waals surface area contributed by atoms with Crippen molar-refractivity contribution in [3.8, 4) is 0 Å². The van der Waals surface area contributed by atoms with Gasteiger partial charge in [0.25, 0.3) is 0 Å². The van der Waals surface area contributed by atoms with Crippen LogP contribution in [0.5, 0.6) is 0 Å². The van der Waals surface area contributed by atoms with Gasteiger partial charge in [0, 0.05) is 0 Å². The third kappa shape index (κ3) is 0.881. The van der Waals surface area contributed by atoms with E-state index in [-0.39, 0.29) is 0 Å². The molecular weight excluding hydrogens is 106 g/mol. The highest BCUT2D eigenvalue weighted by Gasteiger charge is 1.94. The van der Waals surface area contributed by atoms with Gasteiger partial charge in [-0.15, -0.1) is 0 Å². The summed E-state index contributed by atoms with van der Waals surface area (Å²) in [6, 6.07) is 0. The van der Waals surface area contributed by atoms with Gasteiger partial charge in [-0.2, -0.15) is 0 Å². The zero-order chi connectivity index (χ0) is 5.98. The van der Waals surface area contributed by atoms with Crippen molar-refractivity contribution in [1.82, 2.24) is 10.5 Å². The molecule has 0 atom stereocenters. The summed E-state index contributed by atoms with van der Waals surface area (Å²) in [4.78, 5) is 3.67. The number of nitrogens with zero attached hydrogens (tertiary/aromatic N) is 2. The lowest BCUT2D eigenvalue weighted by Gasteiger charge is -2.16. The molecule has 5 nitrogen and oxygen atoms in total. The van der Waals surface area contributed by atoms with Crippen LogP contribution < -0.4 is 17.0 Å². The van der Waals surface area contributed by atoms with Gasteiger partial charge in [-0.05, 0) is 0 Å². The fourth-order valence-corrected chi connectivity index (χ4v) is 0.392. The van der Waals surface area contributed by atoms with E-state index in [1.807, 2.05) is 0 Å². The van der Waals surface area contributed by atoms with Gasteiger partial charge in [0.15, 0.2) is 0 Å². The van der Waals surface area contributed by atoms with Crippen LogP contribution in [0.25, 0.3) is 0 Å². The topological polar surface area (TPSA) is 79.7 Å². The van der Waals surface area contributed by atoms with E-state index < -0.39 is 0 Å². The van der Waals surface area contributed by atoms with Crippen molar-refractivity contribution in [2.24, 2.45) is 16.6 Å². The lowest BCUT2D eigenvalue weighted by molar-refractivity contribution is 0.360. The number of hydrazine groups is 2. The molecule has 1 aliphatic rings. The zero-order valence-electron chi connectivity index (χ0n) is 4.20. The average molecular weight is 113 g/mol. The molecule has 8 heavy (non-hydrogen) atoms. The number of hydrogen-bond donors (Lipinski definition) is 3. The van der Waals surface area contributed by atoms with Crippen LogP contribution in [0, 0.1) is 0 Å². The highest BCUT2D eigenvalue weighted by atomic mass is 15.7. The van der Waals surface area contributed by atoms with E-state index >= 15 is 0 Å². The van der Waals surface area contributed by atoms with Gasteiger partial charge < -0.3 is 5.73 Å². The summed E-state index contributed by atoms with van der Waals surface area (Å²) in [6.07, 6.45) is 2.89. The second-order valence-electron chi connectivity index (χ2n) is 1.37. The summed E-state index contributed by atoms with van der Waals surface area (Å²) in [5, 5.41) is 1.18. The second kappa shape index (κ2) is 1.71. The van der Waals surface area contributed by atoms with Gasteiger partial charge in [-0.3, -0.25) is 5.43 Å². The standard InChI is InChI=1S/C3H7N5/c4-3-1-6-2-8(5)7-3/h1-2,7H,4-5H2. The maximum Gasteiger partial charge on any atom is 0.135 e. The van der Waals surface area contributed by atoms with E-state index in [1.54, 1.807) is 0 Å². The van der Waals surface area contributed by atoms with Crippen molar-refractivity contribution in [2.75, 3.05) is 0 Å². The molecule has 44 valence electrons. The molecule has 0 aromatic carbocycles. The molecule has 0 saturated heterocycles. The smallest absolute Gasteiger partial charge is 0.135 e. The molecule has 5 heteroatoms. The van der Waals surface area contributed by atoms with E-state index in [2.05, 4.69) is 10.4 Å². The van der Waals surface area contributed by atoms with Crippen LogP contribution in [-0.2, 0) is 0 Å². The lowest BCUT2D eigenvalue weighted by atomic mass is 10.7. The van der Waals surface area contributed by atoms with Crippen LogP contribution in [0.3, 0.4) is 0 Å². The van der Waals surface area contributed by atoms with Crippen molar-refractivity contribution < 1.29 is 0 Å². The Morgan fingerprint density at radius 3 is 2.88 bits per heavy atom. The van der Waals surface area contributed by atoms with Crippen LogP contribution in [0.15, 0.2) is 17.0 Å². The van der Waals surface area contributed by atoms with Gasteiger partial charge >= 0.3 is 0 Å². The average Bonchev–Trinajstić information content (AvgIpc) is 1.64. The molecule has 0 aromatic heterocycles. The predicted molar refractivity (Wildman–Crippen MR) is 29.9 cm³/mol. The van der Waals surface area contributed by atoms with Crippen LogP contribution in [0.1, 0.15) is 0 Å². The lowest BCUT2D eigenvalue weighted by Crippen LogP contribution is -2.45. The largest absolute Gasteiger partial charge is 0.383 e. The van der Waals surface area contributed by atoms with Gasteiger partial charge in [-0.1, -0.05) is 0 Å². The molecule has 0 fully saturated rings. The Morgan fingerprint density at radius 1 is 1.75 bits per heavy atom. The number of rotatable bonds is 0. The summed E-state index contributed by atoms with van der Waals surface area (Å²) < 4.78 is 0. The summed E-state index contributed by atoms with van der Waals surface area (Å²) in [5.41, 5.74) is 7.82. The molecule has 0 aliphatic carbocycles. The molecule has 1 heterocycles. The van der Waals surface area contributed by atoms with Gasteiger partial charge in [0.2, 0.25) is 0 Å². The molecule has 0 bridgehead atoms. The molecule has 5 N–H and O–H groups in total. The molecular formula is C3H7N5. The summed E-state index contributed by atoms with van der Waals surface area (Å²) in [5.74, 6) is 5.62. The number of aliphatic imine (C=N–C) groups is 1. The van der Waals surface area contributed by atoms with Gasteiger partial charge in [0.05, 0.1) is 6.20 Å². The fourth-order valence-electron chi connectivity index (χ4n) is 0.392. The Balaban J connectivity index is 2.59. The number of nitrogens with two attached hydrogens (primary N) is 2. The SMILES string of the molecule is NC1=CN=CN(N)N1. The van der Waals surface area contributed by atoms with Gasteiger partial charge in [0.1, 0.15) is 12.2 Å². The molecule has 0 radical (unpaired) electrons. The van der Waals surface area contributed by atoms with Crippen LogP contribution in [0.2, 0.25) is 0 Å². The Bertz CT molecular complexity index is 137. The first-order chi connectivity index (χ1) is 3.79. The Hall–Kier alpha value is -1.23. The van der Waals surface area contributed by atoms with Crippen LogP contribution in [0.4, 0.5) is 0 Å². The predicted octanol–water partition coefficient (Wildman–Crippen LogP) is -1.53. The Morgan fingerprint density at radius 2 is 2.50 bits per heavy atom. The van der Waals surface area contributed by atoms with Crippen molar-refractivity contribution in [1.29, 1.82) is 0 Å². The molecule has 0 amide bonds. The van der Waals surface area contributed by atoms with Crippen molar-refractivity contribution in [2.45, 2.75) is 0 Å². The first-order valence-corrected chi connectivity index (χ1v) is 2.08. The normalized spacial score (nSPS) is 17.6. The molecule has 0 aromatic rings. The monoisotopic (exact) mass is 113 g/mol. The minimum atomic E-state index is 0.440. The van der Waals surface area contributed by atoms with Crippen LogP contribution >= 0.6 is 0 Å². The molecule has 0 unspecified atom stereocenters. The van der Waals surface area contributed by atoms with E-state index in [4.69, 9.17) is 11.6 Å². The van der Waals surface area contributed by atoms with Gasteiger partial charge in [-0.25, -0.2) is 16.0 Å². The minimum absolute atomic E-state index is 0.440. The first kappa shape index (κ1) is 4.92. The second-order valence-corrected chi connectivity index (χ2v) is 1.37. The number of nitrogens with one attached hydrogen (secondary N) is 1. The maximum absolute atomic E-state index is 5.24. The van der Waals surface area contributed by atoms with E-state index in [1.165, 1.54) is 17.7 Å². The highest BCUT2D eigenvalue weighted by Crippen LogP contribution is 1.83. The third-order valence-corrected chi connectivity index (χ3v) is 0.663. The van der Waals surface area contributed by atoms with Crippen LogP contribution in [-0.4, -0.2) is 11.5 Å². The van der Waals surface area contributed by atoms with E-state index in [0.717, 1.165) is 0 Å². The maximum atomic E-state index is 5.24. The molecule has 0 spiro atoms. The highest BCUT2D eigenvalue weighted by molar-refractivity contribution is 5.55. The van der Waals surface area contributed by atoms with E-state index in [0.29, 0.717) is 5.82 Å². The summed E-state index contributed by atoms with van der Waals surface area (Å²) in [6.45, 7) is 0. The zero-order valence-corrected chi connectivity index (χ0v) is 4.20. The Kier molecular flexibility index (Phi) is 1.05. The Labute approximate surface area is 46.6 Å². The van der Waals surface area contributed by atoms with Crippen molar-refractivity contribution in [3.63, 3.8) is 0 Å². The number of hydrogen-bond acceptors (Lipinski definition) is 5. The van der Waals surface area contributed by atoms with E-state index in [9.17, 15) is 0 Å². The molecule has 0 saturated carbocycles. The fraction of sp³-hybridized carbons (Fsp3) is 0. The van der Waals surface area contributed by atoms with Crippen molar-refractivity contribution in [3.05, 3.63) is 12.0 Å². The minimum Gasteiger partial charge on any atom is -0.383 e. The summed E-state index contributed by atoms with van der Waals surface area (Å²) >= 11 is 0. The quantitative estimate of drug-likeness (QED) is 0.333. The summed E-state index contributed by atoms with van der Waals surface area (Å²) in [7, 11) is 0. The molecule has 1 aliphatic heterocycles. The molecule has 1 rings (SSSR count).